The molecular weight excluding hydrogens is 266 g/mol. The number of carbonyl (C=O) groups excluding carboxylic acids is 1. The third-order valence-corrected chi connectivity index (χ3v) is 5.02. The number of aryl methyl sites for hydroxylation is 1. The number of carbonyl (C=O) groups is 1. The summed E-state index contributed by atoms with van der Waals surface area (Å²) in [4.78, 5) is 11.3. The lowest BCUT2D eigenvalue weighted by atomic mass is 10.1. The first-order valence-corrected chi connectivity index (χ1v) is 7.44. The quantitative estimate of drug-likeness (QED) is 0.682. The molecule has 7 heteroatoms. The molecule has 4 N–H and O–H groups in total. The number of rotatable bonds is 3. The molecule has 1 amide bonds. The number of nitrogens with two attached hydrogens (primary N) is 1. The van der Waals surface area contributed by atoms with E-state index in [0.717, 1.165) is 0 Å². The van der Waals surface area contributed by atoms with Crippen LogP contribution in [0.3, 0.4) is 0 Å². The van der Waals surface area contributed by atoms with Gasteiger partial charge in [-0.05, 0) is 31.0 Å². The molecule has 0 radical (unpaired) electrons. The Balaban J connectivity index is 2.35. The van der Waals surface area contributed by atoms with Crippen LogP contribution in [0.15, 0.2) is 17.0 Å². The molecule has 1 aliphatic rings. The molecule has 1 aliphatic heterocycles. The summed E-state index contributed by atoms with van der Waals surface area (Å²) in [5, 5.41) is 2.59. The largest absolute Gasteiger partial charge is 0.398 e. The summed E-state index contributed by atoms with van der Waals surface area (Å²) in [5.74, 6) is -0.145. The number of anilines is 1. The zero-order chi connectivity index (χ0) is 14.2. The fourth-order valence-electron chi connectivity index (χ4n) is 2.22. The van der Waals surface area contributed by atoms with E-state index >= 15 is 0 Å². The zero-order valence-corrected chi connectivity index (χ0v) is 11.7. The van der Waals surface area contributed by atoms with Gasteiger partial charge in [0, 0.05) is 24.7 Å². The Bertz CT molecular complexity index is 625. The van der Waals surface area contributed by atoms with Crippen molar-refractivity contribution in [2.24, 2.45) is 0 Å². The minimum Gasteiger partial charge on any atom is -0.398 e. The van der Waals surface area contributed by atoms with Gasteiger partial charge >= 0.3 is 0 Å². The summed E-state index contributed by atoms with van der Waals surface area (Å²) >= 11 is 0. The van der Waals surface area contributed by atoms with Crippen LogP contribution in [0.25, 0.3) is 0 Å². The number of hydrogen-bond donors (Lipinski definition) is 3. The molecule has 1 atom stereocenters. The van der Waals surface area contributed by atoms with E-state index in [0.29, 0.717) is 23.4 Å². The van der Waals surface area contributed by atoms with Gasteiger partial charge in [-0.2, -0.15) is 0 Å². The molecule has 19 heavy (non-hydrogen) atoms. The van der Waals surface area contributed by atoms with E-state index in [1.807, 2.05) is 0 Å². The van der Waals surface area contributed by atoms with Crippen LogP contribution in [-0.2, 0) is 14.8 Å². The summed E-state index contributed by atoms with van der Waals surface area (Å²) in [6.07, 6.45) is 0.166. The average Bonchev–Trinajstić information content (AvgIpc) is 2.68. The minimum atomic E-state index is -3.67. The molecule has 0 aromatic heterocycles. The zero-order valence-electron chi connectivity index (χ0n) is 10.9. The Morgan fingerprint density at radius 3 is 2.63 bits per heavy atom. The molecule has 1 aromatic carbocycles. The van der Waals surface area contributed by atoms with Crippen LogP contribution in [0, 0.1) is 13.8 Å². The highest BCUT2D eigenvalue weighted by Crippen LogP contribution is 2.25. The predicted octanol–water partition coefficient (Wildman–Crippen LogP) is 0.0524. The first-order valence-electron chi connectivity index (χ1n) is 5.96. The summed E-state index contributed by atoms with van der Waals surface area (Å²) in [5.41, 5.74) is 7.36. The third-order valence-electron chi connectivity index (χ3n) is 3.21. The van der Waals surface area contributed by atoms with Crippen molar-refractivity contribution < 1.29 is 13.2 Å². The van der Waals surface area contributed by atoms with Crippen molar-refractivity contribution in [1.82, 2.24) is 10.0 Å². The van der Waals surface area contributed by atoms with Gasteiger partial charge in [-0.25, -0.2) is 13.1 Å². The van der Waals surface area contributed by atoms with Crippen molar-refractivity contribution in [1.29, 1.82) is 0 Å². The summed E-state index contributed by atoms with van der Waals surface area (Å²) in [6.45, 7) is 3.71. The van der Waals surface area contributed by atoms with Gasteiger partial charge in [-0.15, -0.1) is 0 Å². The molecule has 0 bridgehead atoms. The van der Waals surface area contributed by atoms with Gasteiger partial charge in [0.2, 0.25) is 15.9 Å². The summed E-state index contributed by atoms with van der Waals surface area (Å²) < 4.78 is 27.3. The van der Waals surface area contributed by atoms with Crippen molar-refractivity contribution in [3.8, 4) is 0 Å². The summed E-state index contributed by atoms with van der Waals surface area (Å²) in [6, 6.07) is 2.96. The van der Waals surface area contributed by atoms with E-state index in [1.54, 1.807) is 26.0 Å². The number of benzene rings is 1. The molecule has 1 saturated heterocycles. The van der Waals surface area contributed by atoms with Crippen LogP contribution >= 0.6 is 0 Å². The maximum absolute atomic E-state index is 12.4. The van der Waals surface area contributed by atoms with Crippen molar-refractivity contribution in [3.63, 3.8) is 0 Å². The Labute approximate surface area is 112 Å². The molecule has 0 spiro atoms. The van der Waals surface area contributed by atoms with Gasteiger partial charge in [0.15, 0.2) is 0 Å². The predicted molar refractivity (Wildman–Crippen MR) is 72.1 cm³/mol. The van der Waals surface area contributed by atoms with Crippen LogP contribution < -0.4 is 15.8 Å². The van der Waals surface area contributed by atoms with E-state index < -0.39 is 16.1 Å². The van der Waals surface area contributed by atoms with Crippen molar-refractivity contribution >= 4 is 21.6 Å². The second-order valence-corrected chi connectivity index (χ2v) is 6.40. The molecule has 6 nitrogen and oxygen atoms in total. The molecule has 0 saturated carbocycles. The van der Waals surface area contributed by atoms with Crippen LogP contribution in [0.4, 0.5) is 5.69 Å². The van der Waals surface area contributed by atoms with Crippen molar-refractivity contribution in [2.75, 3.05) is 12.3 Å². The molecule has 1 fully saturated rings. The number of nitrogen functional groups attached to an aromatic ring is 1. The topological polar surface area (TPSA) is 101 Å². The average molecular weight is 283 g/mol. The normalized spacial score (nSPS) is 19.5. The molecule has 2 rings (SSSR count). The van der Waals surface area contributed by atoms with Crippen LogP contribution in [0.1, 0.15) is 17.5 Å². The number of nitrogens with one attached hydrogen (secondary N) is 2. The van der Waals surface area contributed by atoms with E-state index in [9.17, 15) is 13.2 Å². The number of sulfonamides is 1. The fourth-order valence-corrected chi connectivity index (χ4v) is 3.96. The first-order chi connectivity index (χ1) is 8.81. The molecule has 104 valence electrons. The standard InChI is InChI=1S/C12H17N3O3S/c1-7-3-4-10(13)8(2)12(7)19(17,18)15-9-5-11(16)14-6-9/h3-4,9,15H,5-6,13H2,1-2H3,(H,14,16). The molecular formula is C12H17N3O3S. The summed E-state index contributed by atoms with van der Waals surface area (Å²) in [7, 11) is -3.67. The van der Waals surface area contributed by atoms with Crippen LogP contribution in [0.2, 0.25) is 0 Å². The monoisotopic (exact) mass is 283 g/mol. The van der Waals surface area contributed by atoms with Gasteiger partial charge in [-0.3, -0.25) is 4.79 Å². The number of hydrogen-bond acceptors (Lipinski definition) is 4. The van der Waals surface area contributed by atoms with E-state index in [-0.39, 0.29) is 17.2 Å². The smallest absolute Gasteiger partial charge is 0.241 e. The Morgan fingerprint density at radius 1 is 1.37 bits per heavy atom. The Morgan fingerprint density at radius 2 is 2.05 bits per heavy atom. The molecule has 0 aliphatic carbocycles. The molecule has 1 heterocycles. The van der Waals surface area contributed by atoms with Gasteiger partial charge in [0.1, 0.15) is 0 Å². The van der Waals surface area contributed by atoms with Crippen molar-refractivity contribution in [2.45, 2.75) is 31.2 Å². The maximum Gasteiger partial charge on any atom is 0.241 e. The highest BCUT2D eigenvalue weighted by atomic mass is 32.2. The van der Waals surface area contributed by atoms with Crippen molar-refractivity contribution in [3.05, 3.63) is 23.3 Å². The van der Waals surface area contributed by atoms with Gasteiger partial charge in [-0.1, -0.05) is 6.07 Å². The number of amides is 1. The third kappa shape index (κ3) is 2.71. The lowest BCUT2D eigenvalue weighted by Gasteiger charge is -2.16. The maximum atomic E-state index is 12.4. The first kappa shape index (κ1) is 13.8. The molecule has 1 aromatic rings. The second-order valence-electron chi connectivity index (χ2n) is 4.75. The van der Waals surface area contributed by atoms with Gasteiger partial charge in [0.05, 0.1) is 4.90 Å². The highest BCUT2D eigenvalue weighted by Gasteiger charge is 2.28. The van der Waals surface area contributed by atoms with Crippen LogP contribution in [0.5, 0.6) is 0 Å². The highest BCUT2D eigenvalue weighted by molar-refractivity contribution is 7.89. The fraction of sp³-hybridized carbons (Fsp3) is 0.417. The van der Waals surface area contributed by atoms with Gasteiger partial charge in [0.25, 0.3) is 0 Å². The van der Waals surface area contributed by atoms with Crippen LogP contribution in [-0.4, -0.2) is 26.9 Å². The lowest BCUT2D eigenvalue weighted by Crippen LogP contribution is -2.36. The molecule has 1 unspecified atom stereocenters. The lowest BCUT2D eigenvalue weighted by molar-refractivity contribution is -0.119. The second kappa shape index (κ2) is 4.82. The minimum absolute atomic E-state index is 0.145. The van der Waals surface area contributed by atoms with Gasteiger partial charge < -0.3 is 11.1 Å². The van der Waals surface area contributed by atoms with E-state index in [1.165, 1.54) is 0 Å². The Kier molecular flexibility index (Phi) is 3.51. The van der Waals surface area contributed by atoms with E-state index in [2.05, 4.69) is 10.0 Å². The van der Waals surface area contributed by atoms with E-state index in [4.69, 9.17) is 5.73 Å². The Hall–Kier alpha value is -1.60. The SMILES string of the molecule is Cc1ccc(N)c(C)c1S(=O)(=O)NC1CNC(=O)C1.